The average Bonchev–Trinajstić information content (AvgIpc) is 2.96. The number of pyridine rings is 1. The molecule has 2 aromatic carbocycles. The van der Waals surface area contributed by atoms with E-state index < -0.39 is 0 Å². The Morgan fingerprint density at radius 3 is 2.10 bits per heavy atom. The quantitative estimate of drug-likeness (QED) is 0.688. The van der Waals surface area contributed by atoms with Crippen molar-refractivity contribution >= 4 is 16.7 Å². The van der Waals surface area contributed by atoms with E-state index in [1.807, 2.05) is 41.3 Å². The van der Waals surface area contributed by atoms with Gasteiger partial charge in [-0.3, -0.25) is 9.59 Å². The Morgan fingerprint density at radius 1 is 0.931 bits per heavy atom. The Balaban J connectivity index is 1.65. The van der Waals surface area contributed by atoms with Crippen molar-refractivity contribution in [2.24, 2.45) is 7.05 Å². The molecule has 150 valence electrons. The van der Waals surface area contributed by atoms with Crippen LogP contribution in [0.5, 0.6) is 11.5 Å². The van der Waals surface area contributed by atoms with E-state index in [0.717, 1.165) is 29.4 Å². The zero-order valence-corrected chi connectivity index (χ0v) is 16.9. The van der Waals surface area contributed by atoms with Crippen molar-refractivity contribution in [3.63, 3.8) is 0 Å². The highest BCUT2D eigenvalue weighted by Crippen LogP contribution is 2.32. The third-order valence-electron chi connectivity index (χ3n) is 5.66. The lowest BCUT2D eigenvalue weighted by Gasteiger charge is -2.22. The molecule has 0 radical (unpaired) electrons. The third-order valence-corrected chi connectivity index (χ3v) is 5.66. The van der Waals surface area contributed by atoms with Gasteiger partial charge < -0.3 is 18.9 Å². The van der Waals surface area contributed by atoms with Crippen LogP contribution >= 0.6 is 0 Å². The Labute approximate surface area is 169 Å². The summed E-state index contributed by atoms with van der Waals surface area (Å²) in [6, 6.07) is 13.2. The largest absolute Gasteiger partial charge is 0.493 e. The van der Waals surface area contributed by atoms with Crippen LogP contribution in [0.1, 0.15) is 21.6 Å². The zero-order chi connectivity index (χ0) is 20.5. The van der Waals surface area contributed by atoms with Crippen molar-refractivity contribution in [2.45, 2.75) is 12.8 Å². The van der Waals surface area contributed by atoms with Gasteiger partial charge in [-0.2, -0.15) is 0 Å². The lowest BCUT2D eigenvalue weighted by Crippen LogP contribution is -2.37. The topological polar surface area (TPSA) is 60.8 Å². The summed E-state index contributed by atoms with van der Waals surface area (Å²) in [4.78, 5) is 27.8. The number of methoxy groups -OCH3 is 2. The smallest absolute Gasteiger partial charge is 0.270 e. The molecule has 4 rings (SSSR count). The van der Waals surface area contributed by atoms with E-state index in [9.17, 15) is 9.59 Å². The predicted octanol–water partition coefficient (Wildman–Crippen LogP) is 2.80. The van der Waals surface area contributed by atoms with Crippen LogP contribution in [-0.2, 0) is 19.9 Å². The van der Waals surface area contributed by atoms with Gasteiger partial charge in [0, 0.05) is 25.5 Å². The van der Waals surface area contributed by atoms with Crippen LogP contribution in [0.2, 0.25) is 0 Å². The van der Waals surface area contributed by atoms with Crippen molar-refractivity contribution < 1.29 is 14.3 Å². The second-order valence-corrected chi connectivity index (χ2v) is 7.25. The number of aromatic nitrogens is 1. The number of nitrogens with zero attached hydrogens (tertiary/aromatic N) is 2. The van der Waals surface area contributed by atoms with Crippen LogP contribution in [0.3, 0.4) is 0 Å². The summed E-state index contributed by atoms with van der Waals surface area (Å²) in [6.45, 7) is 1.17. The molecule has 2 heterocycles. The molecule has 1 aliphatic heterocycles. The number of amides is 1. The summed E-state index contributed by atoms with van der Waals surface area (Å²) < 4.78 is 12.3. The normalized spacial score (nSPS) is 13.7. The van der Waals surface area contributed by atoms with Crippen molar-refractivity contribution in [1.82, 2.24) is 9.47 Å². The fourth-order valence-corrected chi connectivity index (χ4v) is 3.97. The molecule has 1 aliphatic rings. The Kier molecular flexibility index (Phi) is 5.01. The molecule has 6 nitrogen and oxygen atoms in total. The highest BCUT2D eigenvalue weighted by Gasteiger charge is 2.23. The molecule has 1 amide bonds. The first-order valence-electron chi connectivity index (χ1n) is 9.65. The van der Waals surface area contributed by atoms with Crippen molar-refractivity contribution in [3.05, 3.63) is 69.6 Å². The summed E-state index contributed by atoms with van der Waals surface area (Å²) in [5, 5.41) is 1.40. The number of hydrogen-bond acceptors (Lipinski definition) is 4. The standard InChI is InChI=1S/C23H24N2O4/c1-24-19(12-17-6-4-5-7-18(17)22(24)26)23(27)25-10-8-15-13-20(28-2)21(29-3)14-16(15)9-11-25/h4-7,12-14H,8-11H2,1-3H3. The van der Waals surface area contributed by atoms with E-state index in [0.29, 0.717) is 35.7 Å². The number of carbonyl (C=O) groups is 1. The minimum absolute atomic E-state index is 0.123. The Morgan fingerprint density at radius 2 is 1.52 bits per heavy atom. The van der Waals surface area contributed by atoms with E-state index in [-0.39, 0.29) is 11.5 Å². The molecule has 29 heavy (non-hydrogen) atoms. The number of hydrogen-bond donors (Lipinski definition) is 0. The van der Waals surface area contributed by atoms with Crippen molar-refractivity contribution in [3.8, 4) is 11.5 Å². The highest BCUT2D eigenvalue weighted by molar-refractivity contribution is 5.96. The predicted molar refractivity (Wildman–Crippen MR) is 112 cm³/mol. The molecular formula is C23H24N2O4. The minimum atomic E-state index is -0.154. The molecule has 0 bridgehead atoms. The summed E-state index contributed by atoms with van der Waals surface area (Å²) in [7, 11) is 4.90. The zero-order valence-electron chi connectivity index (χ0n) is 16.9. The monoisotopic (exact) mass is 392 g/mol. The number of fused-ring (bicyclic) bond motifs is 2. The third kappa shape index (κ3) is 3.35. The van der Waals surface area contributed by atoms with Gasteiger partial charge in [0.1, 0.15) is 5.69 Å². The van der Waals surface area contributed by atoms with Crippen LogP contribution in [0.15, 0.2) is 47.3 Å². The van der Waals surface area contributed by atoms with Crippen molar-refractivity contribution in [2.75, 3.05) is 27.3 Å². The molecule has 0 N–H and O–H groups in total. The summed E-state index contributed by atoms with van der Waals surface area (Å²) in [5.41, 5.74) is 2.57. The van der Waals surface area contributed by atoms with Crippen LogP contribution < -0.4 is 15.0 Å². The molecule has 6 heteroatoms. The van der Waals surface area contributed by atoms with E-state index in [2.05, 4.69) is 0 Å². The number of benzene rings is 2. The first-order valence-corrected chi connectivity index (χ1v) is 9.65. The minimum Gasteiger partial charge on any atom is -0.493 e. The van der Waals surface area contributed by atoms with Gasteiger partial charge in [0.25, 0.3) is 11.5 Å². The number of carbonyl (C=O) groups excluding carboxylic acids is 1. The van der Waals surface area contributed by atoms with Crippen LogP contribution in [-0.4, -0.2) is 42.7 Å². The summed E-state index contributed by atoms with van der Waals surface area (Å²) >= 11 is 0. The average molecular weight is 392 g/mol. The summed E-state index contributed by atoms with van der Waals surface area (Å²) in [5.74, 6) is 1.27. The number of rotatable bonds is 3. The van der Waals surface area contributed by atoms with Gasteiger partial charge in [-0.25, -0.2) is 0 Å². The molecule has 3 aromatic rings. The molecule has 0 atom stereocenters. The Bertz CT molecular complexity index is 1110. The second-order valence-electron chi connectivity index (χ2n) is 7.25. The van der Waals surface area contributed by atoms with E-state index in [1.165, 1.54) is 4.57 Å². The van der Waals surface area contributed by atoms with Gasteiger partial charge in [0.05, 0.1) is 14.2 Å². The maximum absolute atomic E-state index is 13.3. The van der Waals surface area contributed by atoms with Gasteiger partial charge in [0.15, 0.2) is 11.5 Å². The van der Waals surface area contributed by atoms with E-state index >= 15 is 0 Å². The lowest BCUT2D eigenvalue weighted by atomic mass is 10.0. The summed E-state index contributed by atoms with van der Waals surface area (Å²) in [6.07, 6.45) is 1.45. The lowest BCUT2D eigenvalue weighted by molar-refractivity contribution is 0.0752. The van der Waals surface area contributed by atoms with Crippen molar-refractivity contribution in [1.29, 1.82) is 0 Å². The van der Waals surface area contributed by atoms with E-state index in [4.69, 9.17) is 9.47 Å². The van der Waals surface area contributed by atoms with E-state index in [1.54, 1.807) is 27.3 Å². The molecule has 0 unspecified atom stereocenters. The highest BCUT2D eigenvalue weighted by atomic mass is 16.5. The SMILES string of the molecule is COc1cc2c(cc1OC)CCN(C(=O)c1cc3ccccc3c(=O)n1C)CC2. The second kappa shape index (κ2) is 7.62. The van der Waals surface area contributed by atoms with Gasteiger partial charge in [0.2, 0.25) is 0 Å². The molecule has 1 aromatic heterocycles. The molecule has 0 spiro atoms. The molecule has 0 fully saturated rings. The maximum atomic E-state index is 13.3. The Hall–Kier alpha value is -3.28. The molecule has 0 aliphatic carbocycles. The fourth-order valence-electron chi connectivity index (χ4n) is 3.97. The van der Waals surface area contributed by atoms with Crippen LogP contribution in [0.25, 0.3) is 10.8 Å². The van der Waals surface area contributed by atoms with Gasteiger partial charge >= 0.3 is 0 Å². The van der Waals surface area contributed by atoms with Gasteiger partial charge in [-0.15, -0.1) is 0 Å². The fraction of sp³-hybridized carbons (Fsp3) is 0.304. The van der Waals surface area contributed by atoms with Crippen LogP contribution in [0.4, 0.5) is 0 Å². The van der Waals surface area contributed by atoms with Gasteiger partial charge in [-0.1, -0.05) is 18.2 Å². The first-order chi connectivity index (χ1) is 14.0. The molecule has 0 saturated heterocycles. The molecule has 0 saturated carbocycles. The molecular weight excluding hydrogens is 368 g/mol. The number of ether oxygens (including phenoxy) is 2. The maximum Gasteiger partial charge on any atom is 0.270 e. The van der Waals surface area contributed by atoms with Crippen LogP contribution in [0, 0.1) is 0 Å². The van der Waals surface area contributed by atoms with Gasteiger partial charge in [-0.05, 0) is 53.6 Å². The first kappa shape index (κ1) is 19.1.